The zero-order chi connectivity index (χ0) is 13.7. The van der Waals surface area contributed by atoms with Crippen molar-refractivity contribution in [3.8, 4) is 0 Å². The Morgan fingerprint density at radius 2 is 1.95 bits per heavy atom. The van der Waals surface area contributed by atoms with E-state index in [2.05, 4.69) is 17.3 Å². The summed E-state index contributed by atoms with van der Waals surface area (Å²) in [4.78, 5) is 14.1. The van der Waals surface area contributed by atoms with E-state index in [1.54, 1.807) is 0 Å². The molecule has 19 heavy (non-hydrogen) atoms. The Balaban J connectivity index is 1.67. The number of hydrogen-bond acceptors (Lipinski definition) is 3. The van der Waals surface area contributed by atoms with E-state index in [1.807, 2.05) is 24.3 Å². The van der Waals surface area contributed by atoms with Crippen LogP contribution >= 0.6 is 0 Å². The van der Waals surface area contributed by atoms with E-state index in [1.165, 1.54) is 12.8 Å². The summed E-state index contributed by atoms with van der Waals surface area (Å²) in [6.45, 7) is 2.20. The van der Waals surface area contributed by atoms with Crippen LogP contribution in [0.15, 0.2) is 24.3 Å². The molecule has 1 aromatic carbocycles. The van der Waals surface area contributed by atoms with Crippen LogP contribution in [0.25, 0.3) is 0 Å². The average Bonchev–Trinajstić information content (AvgIpc) is 3.24. The van der Waals surface area contributed by atoms with Crippen molar-refractivity contribution in [1.82, 2.24) is 10.2 Å². The highest BCUT2D eigenvalue weighted by atomic mass is 16.1. The molecule has 0 radical (unpaired) electrons. The first-order valence-corrected chi connectivity index (χ1v) is 6.94. The van der Waals surface area contributed by atoms with Crippen LogP contribution in [0.2, 0.25) is 0 Å². The fourth-order valence-corrected chi connectivity index (χ4v) is 2.11. The second-order valence-corrected chi connectivity index (χ2v) is 5.26. The largest absolute Gasteiger partial charge is 0.355 e. The number of carbonyl (C=O) groups excluding carboxylic acids is 1. The van der Waals surface area contributed by atoms with Gasteiger partial charge >= 0.3 is 0 Å². The fourth-order valence-electron chi connectivity index (χ4n) is 2.11. The molecule has 2 rings (SSSR count). The van der Waals surface area contributed by atoms with E-state index in [4.69, 9.17) is 5.73 Å². The van der Waals surface area contributed by atoms with Gasteiger partial charge in [-0.15, -0.1) is 0 Å². The van der Waals surface area contributed by atoms with E-state index in [0.29, 0.717) is 13.0 Å². The van der Waals surface area contributed by atoms with Gasteiger partial charge < -0.3 is 16.0 Å². The van der Waals surface area contributed by atoms with Crippen LogP contribution in [-0.4, -0.2) is 37.0 Å². The van der Waals surface area contributed by atoms with Gasteiger partial charge in [0, 0.05) is 25.7 Å². The van der Waals surface area contributed by atoms with Crippen LogP contribution in [0.1, 0.15) is 24.0 Å². The summed E-state index contributed by atoms with van der Waals surface area (Å²) < 4.78 is 0. The molecule has 0 spiro atoms. The number of likely N-dealkylation sites (N-methyl/N-ethyl adjacent to an activating group) is 1. The third-order valence-electron chi connectivity index (χ3n) is 3.58. The maximum atomic E-state index is 11.8. The Bertz CT molecular complexity index is 412. The van der Waals surface area contributed by atoms with E-state index in [0.717, 1.165) is 30.3 Å². The highest BCUT2D eigenvalue weighted by Crippen LogP contribution is 2.24. The minimum Gasteiger partial charge on any atom is -0.355 e. The Labute approximate surface area is 115 Å². The quantitative estimate of drug-likeness (QED) is 0.766. The predicted octanol–water partition coefficient (Wildman–Crippen LogP) is 0.898. The van der Waals surface area contributed by atoms with Crippen LogP contribution in [0.5, 0.6) is 0 Å². The average molecular weight is 261 g/mol. The third kappa shape index (κ3) is 4.65. The van der Waals surface area contributed by atoms with Gasteiger partial charge in [0.1, 0.15) is 0 Å². The lowest BCUT2D eigenvalue weighted by Crippen LogP contribution is -2.34. The topological polar surface area (TPSA) is 58.4 Å². The zero-order valence-corrected chi connectivity index (χ0v) is 11.6. The third-order valence-corrected chi connectivity index (χ3v) is 3.58. The zero-order valence-electron chi connectivity index (χ0n) is 11.6. The summed E-state index contributed by atoms with van der Waals surface area (Å²) in [5.41, 5.74) is 7.67. The first-order chi connectivity index (χ1) is 9.19. The highest BCUT2D eigenvalue weighted by Gasteiger charge is 2.25. The Hall–Kier alpha value is -1.39. The van der Waals surface area contributed by atoms with Crippen LogP contribution in [0, 0.1) is 0 Å². The van der Waals surface area contributed by atoms with Crippen LogP contribution < -0.4 is 11.1 Å². The molecule has 0 atom stereocenters. The van der Waals surface area contributed by atoms with E-state index in [-0.39, 0.29) is 5.91 Å². The molecule has 104 valence electrons. The monoisotopic (exact) mass is 261 g/mol. The summed E-state index contributed by atoms with van der Waals surface area (Å²) in [7, 11) is 2.12. The molecule has 1 saturated carbocycles. The normalized spacial score (nSPS) is 14.7. The van der Waals surface area contributed by atoms with Crippen molar-refractivity contribution < 1.29 is 4.79 Å². The number of hydrogen-bond donors (Lipinski definition) is 2. The van der Waals surface area contributed by atoms with Crippen molar-refractivity contribution in [2.75, 3.05) is 20.1 Å². The van der Waals surface area contributed by atoms with Crippen molar-refractivity contribution in [1.29, 1.82) is 0 Å². The number of nitrogens with one attached hydrogen (secondary N) is 1. The minimum absolute atomic E-state index is 0.0877. The molecule has 0 aliphatic heterocycles. The lowest BCUT2D eigenvalue weighted by molar-refractivity contribution is -0.120. The molecule has 1 amide bonds. The van der Waals surface area contributed by atoms with Gasteiger partial charge in [0.05, 0.1) is 6.42 Å². The van der Waals surface area contributed by atoms with Crippen molar-refractivity contribution in [2.24, 2.45) is 5.73 Å². The molecule has 3 N–H and O–H groups in total. The van der Waals surface area contributed by atoms with Crippen molar-refractivity contribution in [2.45, 2.75) is 31.8 Å². The fraction of sp³-hybridized carbons (Fsp3) is 0.533. The van der Waals surface area contributed by atoms with E-state index in [9.17, 15) is 4.79 Å². The van der Waals surface area contributed by atoms with E-state index < -0.39 is 0 Å². The molecule has 0 saturated heterocycles. The molecule has 0 aromatic heterocycles. The summed E-state index contributed by atoms with van der Waals surface area (Å²) in [6.07, 6.45) is 3.05. The van der Waals surface area contributed by atoms with Gasteiger partial charge in [-0.3, -0.25) is 4.79 Å². The second-order valence-electron chi connectivity index (χ2n) is 5.26. The molecular weight excluding hydrogens is 238 g/mol. The summed E-state index contributed by atoms with van der Waals surface area (Å²) in [6, 6.07) is 8.64. The summed E-state index contributed by atoms with van der Waals surface area (Å²) in [5, 5.41) is 2.97. The lowest BCUT2D eigenvalue weighted by atomic mass is 10.1. The Kier molecular flexibility index (Phi) is 4.93. The standard InChI is InChI=1S/C15H23N3O/c1-18(14-6-7-14)9-8-17-15(19)10-12-2-4-13(11-16)5-3-12/h2-5,14H,6-11,16H2,1H3,(H,17,19). The number of nitrogens with two attached hydrogens (primary N) is 1. The number of rotatable bonds is 7. The smallest absolute Gasteiger partial charge is 0.224 e. The first kappa shape index (κ1) is 14.0. The molecule has 0 bridgehead atoms. The van der Waals surface area contributed by atoms with Crippen molar-refractivity contribution in [3.63, 3.8) is 0 Å². The number of amides is 1. The number of benzene rings is 1. The molecule has 4 heteroatoms. The summed E-state index contributed by atoms with van der Waals surface area (Å²) >= 11 is 0. The van der Waals surface area contributed by atoms with E-state index >= 15 is 0 Å². The first-order valence-electron chi connectivity index (χ1n) is 6.94. The molecule has 0 unspecified atom stereocenters. The molecule has 0 heterocycles. The molecule has 4 nitrogen and oxygen atoms in total. The number of nitrogens with zero attached hydrogens (tertiary/aromatic N) is 1. The van der Waals surface area contributed by atoms with Gasteiger partial charge in [0.15, 0.2) is 0 Å². The predicted molar refractivity (Wildman–Crippen MR) is 76.7 cm³/mol. The van der Waals surface area contributed by atoms with Gasteiger partial charge in [0.2, 0.25) is 5.91 Å². The maximum Gasteiger partial charge on any atom is 0.224 e. The van der Waals surface area contributed by atoms with Gasteiger partial charge in [-0.1, -0.05) is 24.3 Å². The van der Waals surface area contributed by atoms with Crippen LogP contribution in [0.3, 0.4) is 0 Å². The molecule has 1 aromatic rings. The molecular formula is C15H23N3O. The Morgan fingerprint density at radius 1 is 1.32 bits per heavy atom. The van der Waals surface area contributed by atoms with Crippen molar-refractivity contribution in [3.05, 3.63) is 35.4 Å². The van der Waals surface area contributed by atoms with Crippen LogP contribution in [0.4, 0.5) is 0 Å². The Morgan fingerprint density at radius 3 is 2.53 bits per heavy atom. The second kappa shape index (κ2) is 6.68. The number of carbonyl (C=O) groups is 1. The summed E-state index contributed by atoms with van der Waals surface area (Å²) in [5.74, 6) is 0.0877. The molecule has 1 aliphatic carbocycles. The minimum atomic E-state index is 0.0877. The lowest BCUT2D eigenvalue weighted by Gasteiger charge is -2.15. The van der Waals surface area contributed by atoms with Gasteiger partial charge in [-0.25, -0.2) is 0 Å². The SMILES string of the molecule is CN(CCNC(=O)Cc1ccc(CN)cc1)C1CC1. The van der Waals surface area contributed by atoms with Gasteiger partial charge in [-0.05, 0) is 31.0 Å². The molecule has 1 aliphatic rings. The van der Waals surface area contributed by atoms with Gasteiger partial charge in [0.25, 0.3) is 0 Å². The van der Waals surface area contributed by atoms with Crippen LogP contribution in [-0.2, 0) is 17.8 Å². The maximum absolute atomic E-state index is 11.8. The molecule has 1 fully saturated rings. The highest BCUT2D eigenvalue weighted by molar-refractivity contribution is 5.78. The van der Waals surface area contributed by atoms with Crippen molar-refractivity contribution >= 4 is 5.91 Å². The van der Waals surface area contributed by atoms with Gasteiger partial charge in [-0.2, -0.15) is 0 Å².